The van der Waals surface area contributed by atoms with Crippen molar-refractivity contribution in [2.24, 2.45) is 17.8 Å². The molecule has 0 aromatic heterocycles. The smallest absolute Gasteiger partial charge is 0.306 e. The Morgan fingerprint density at radius 3 is 0.940 bits per heavy atom. The molecule has 296 valence electrons. The number of unbranched alkanes of at least 4 members (excludes halogenated alkanes) is 17. The molecule has 0 aromatic rings. The maximum Gasteiger partial charge on any atom is 0.306 e. The van der Waals surface area contributed by atoms with Crippen LogP contribution >= 0.6 is 0 Å². The summed E-state index contributed by atoms with van der Waals surface area (Å²) >= 11 is 0. The minimum Gasteiger partial charge on any atom is -0.462 e. The number of esters is 3. The van der Waals surface area contributed by atoms with E-state index in [9.17, 15) is 14.4 Å². The maximum absolute atomic E-state index is 12.7. The molecule has 0 fully saturated rings. The first-order chi connectivity index (χ1) is 24.2. The van der Waals surface area contributed by atoms with Crippen molar-refractivity contribution in [3.63, 3.8) is 0 Å². The Hall–Kier alpha value is -1.59. The van der Waals surface area contributed by atoms with Crippen molar-refractivity contribution < 1.29 is 28.6 Å². The molecule has 0 amide bonds. The van der Waals surface area contributed by atoms with Crippen LogP contribution < -0.4 is 0 Å². The van der Waals surface area contributed by atoms with Crippen LogP contribution in [-0.4, -0.2) is 37.2 Å². The van der Waals surface area contributed by atoms with Gasteiger partial charge in [0.15, 0.2) is 6.10 Å². The van der Waals surface area contributed by atoms with Crippen LogP contribution in [0.15, 0.2) is 0 Å². The molecule has 0 N–H and O–H groups in total. The summed E-state index contributed by atoms with van der Waals surface area (Å²) in [5.41, 5.74) is 0. The number of rotatable bonds is 37. The minimum atomic E-state index is -0.762. The summed E-state index contributed by atoms with van der Waals surface area (Å²) in [5, 5.41) is 0. The first-order valence-electron chi connectivity index (χ1n) is 21.7. The van der Waals surface area contributed by atoms with Gasteiger partial charge in [-0.3, -0.25) is 14.4 Å². The molecule has 0 saturated heterocycles. The van der Waals surface area contributed by atoms with Crippen molar-refractivity contribution in [1.82, 2.24) is 0 Å². The summed E-state index contributed by atoms with van der Waals surface area (Å²) in [4.78, 5) is 37.6. The molecule has 0 bridgehead atoms. The fourth-order valence-electron chi connectivity index (χ4n) is 6.25. The van der Waals surface area contributed by atoms with E-state index in [0.29, 0.717) is 19.3 Å². The molecule has 50 heavy (non-hydrogen) atoms. The van der Waals surface area contributed by atoms with Crippen LogP contribution in [0, 0.1) is 17.8 Å². The Morgan fingerprint density at radius 1 is 0.380 bits per heavy atom. The number of carbonyl (C=O) groups excluding carboxylic acids is 3. The molecule has 0 heterocycles. The fraction of sp³-hybridized carbons (Fsp3) is 0.932. The zero-order chi connectivity index (χ0) is 37.1. The molecule has 4 atom stereocenters. The van der Waals surface area contributed by atoms with Gasteiger partial charge in [0.2, 0.25) is 0 Å². The third-order valence-electron chi connectivity index (χ3n) is 10.7. The Bertz CT molecular complexity index is 782. The van der Waals surface area contributed by atoms with Gasteiger partial charge in [0.05, 0.1) is 0 Å². The molecule has 0 aliphatic rings. The van der Waals surface area contributed by atoms with Gasteiger partial charge in [0, 0.05) is 19.3 Å². The monoisotopic (exact) mass is 709 g/mol. The first-order valence-corrected chi connectivity index (χ1v) is 21.7. The Kier molecular flexibility index (Phi) is 34.7. The number of carbonyl (C=O) groups is 3. The van der Waals surface area contributed by atoms with Gasteiger partial charge in [-0.05, 0) is 37.0 Å². The predicted molar refractivity (Wildman–Crippen MR) is 210 cm³/mol. The fourth-order valence-corrected chi connectivity index (χ4v) is 6.25. The van der Waals surface area contributed by atoms with Gasteiger partial charge < -0.3 is 14.2 Å². The Balaban J connectivity index is 4.39. The topological polar surface area (TPSA) is 78.9 Å². The van der Waals surface area contributed by atoms with Crippen molar-refractivity contribution in [3.05, 3.63) is 0 Å². The molecule has 0 aliphatic heterocycles. The highest BCUT2D eigenvalue weighted by Crippen LogP contribution is 2.17. The van der Waals surface area contributed by atoms with E-state index in [1.165, 1.54) is 109 Å². The zero-order valence-electron chi connectivity index (χ0n) is 34.2. The molecular weight excluding hydrogens is 624 g/mol. The minimum absolute atomic E-state index is 0.0681. The van der Waals surface area contributed by atoms with E-state index in [1.807, 2.05) is 0 Å². The molecule has 0 spiro atoms. The van der Waals surface area contributed by atoms with E-state index < -0.39 is 6.10 Å². The van der Waals surface area contributed by atoms with Crippen LogP contribution in [-0.2, 0) is 28.6 Å². The Morgan fingerprint density at radius 2 is 0.640 bits per heavy atom. The molecule has 6 heteroatoms. The molecule has 0 rings (SSSR count). The molecule has 0 radical (unpaired) electrons. The highest BCUT2D eigenvalue weighted by Gasteiger charge is 2.19. The van der Waals surface area contributed by atoms with Gasteiger partial charge >= 0.3 is 17.9 Å². The van der Waals surface area contributed by atoms with Crippen LogP contribution in [0.4, 0.5) is 0 Å². The van der Waals surface area contributed by atoms with Crippen LogP contribution in [0.5, 0.6) is 0 Å². The number of ether oxygens (including phenoxy) is 3. The quantitative estimate of drug-likeness (QED) is 0.0363. The van der Waals surface area contributed by atoms with E-state index in [0.717, 1.165) is 75.5 Å². The maximum atomic E-state index is 12.7. The molecule has 0 aromatic carbocycles. The van der Waals surface area contributed by atoms with Crippen molar-refractivity contribution in [1.29, 1.82) is 0 Å². The van der Waals surface area contributed by atoms with Gasteiger partial charge in [0.1, 0.15) is 13.2 Å². The van der Waals surface area contributed by atoms with E-state index >= 15 is 0 Å². The van der Waals surface area contributed by atoms with E-state index in [2.05, 4.69) is 41.5 Å². The predicted octanol–water partition coefficient (Wildman–Crippen LogP) is 13.3. The summed E-state index contributed by atoms with van der Waals surface area (Å²) in [7, 11) is 0. The molecule has 0 aliphatic carbocycles. The van der Waals surface area contributed by atoms with Crippen molar-refractivity contribution in [2.75, 3.05) is 13.2 Å². The largest absolute Gasteiger partial charge is 0.462 e. The lowest BCUT2D eigenvalue weighted by atomic mass is 9.99. The summed E-state index contributed by atoms with van der Waals surface area (Å²) in [6, 6.07) is 0. The molecule has 0 saturated carbocycles. The summed E-state index contributed by atoms with van der Waals surface area (Å²) in [5.74, 6) is 1.60. The number of hydrogen-bond acceptors (Lipinski definition) is 6. The summed E-state index contributed by atoms with van der Waals surface area (Å²) in [6.07, 6.45) is 30.9. The highest BCUT2D eigenvalue weighted by atomic mass is 16.6. The van der Waals surface area contributed by atoms with Crippen LogP contribution in [0.3, 0.4) is 0 Å². The van der Waals surface area contributed by atoms with E-state index in [-0.39, 0.29) is 31.1 Å². The van der Waals surface area contributed by atoms with Gasteiger partial charge in [-0.15, -0.1) is 0 Å². The molecular formula is C44H84O6. The average molecular weight is 709 g/mol. The SMILES string of the molecule is CCC(C)CCCCCCCCCCC(=O)OC[C@@H](COC(=O)CCCCCCCCC(C)CC)OC(=O)CCCCCCCCC(C)CC. The van der Waals surface area contributed by atoms with E-state index in [1.54, 1.807) is 0 Å². The lowest BCUT2D eigenvalue weighted by Crippen LogP contribution is -2.30. The highest BCUT2D eigenvalue weighted by molar-refractivity contribution is 5.71. The summed E-state index contributed by atoms with van der Waals surface area (Å²) < 4.78 is 16.7. The van der Waals surface area contributed by atoms with E-state index in [4.69, 9.17) is 14.2 Å². The van der Waals surface area contributed by atoms with Gasteiger partial charge in [-0.1, -0.05) is 189 Å². The molecule has 6 nitrogen and oxygen atoms in total. The third-order valence-corrected chi connectivity index (χ3v) is 10.7. The average Bonchev–Trinajstić information content (AvgIpc) is 3.11. The van der Waals surface area contributed by atoms with Crippen LogP contribution in [0.2, 0.25) is 0 Å². The van der Waals surface area contributed by atoms with Gasteiger partial charge in [0.25, 0.3) is 0 Å². The standard InChI is InChI=1S/C44H84O6/c1-7-38(4)30-24-18-12-10-11-13-21-27-33-42(45)48-36-41(50-44(47)35-29-23-17-15-20-26-32-40(6)9-3)37-49-43(46)34-28-22-16-14-19-25-31-39(5)8-2/h38-41H,7-37H2,1-6H3/t38?,39?,40?,41-/m0/s1. The summed E-state index contributed by atoms with van der Waals surface area (Å²) in [6.45, 7) is 13.6. The third kappa shape index (κ3) is 33.5. The van der Waals surface area contributed by atoms with Gasteiger partial charge in [-0.25, -0.2) is 0 Å². The number of hydrogen-bond donors (Lipinski definition) is 0. The lowest BCUT2D eigenvalue weighted by Gasteiger charge is -2.18. The first kappa shape index (κ1) is 48.4. The molecule has 3 unspecified atom stereocenters. The lowest BCUT2D eigenvalue weighted by molar-refractivity contribution is -0.167. The zero-order valence-corrected chi connectivity index (χ0v) is 34.2. The second-order valence-electron chi connectivity index (χ2n) is 15.7. The second-order valence-corrected chi connectivity index (χ2v) is 15.7. The van der Waals surface area contributed by atoms with Crippen molar-refractivity contribution in [3.8, 4) is 0 Å². The van der Waals surface area contributed by atoms with Crippen LogP contribution in [0.25, 0.3) is 0 Å². The van der Waals surface area contributed by atoms with Crippen molar-refractivity contribution >= 4 is 17.9 Å². The second kappa shape index (κ2) is 35.8. The normalized spacial score (nSPS) is 13.8. The van der Waals surface area contributed by atoms with Crippen LogP contribution in [0.1, 0.15) is 228 Å². The van der Waals surface area contributed by atoms with Gasteiger partial charge in [-0.2, -0.15) is 0 Å². The van der Waals surface area contributed by atoms with Crippen molar-refractivity contribution in [2.45, 2.75) is 234 Å². The Labute approximate surface area is 310 Å².